The first kappa shape index (κ1) is 84.7. The number of halogens is 18. The number of hydrogen-bond acceptors (Lipinski definition) is 15. The van der Waals surface area contributed by atoms with E-state index in [-0.39, 0.29) is 88.8 Å². The van der Waals surface area contributed by atoms with Gasteiger partial charge in [0, 0.05) is 53.1 Å². The van der Waals surface area contributed by atoms with Gasteiger partial charge < -0.3 is 43.4 Å². The van der Waals surface area contributed by atoms with Crippen LogP contribution in [0.3, 0.4) is 0 Å². The molecule has 0 radical (unpaired) electrons. The zero-order valence-corrected chi connectivity index (χ0v) is 59.0. The van der Waals surface area contributed by atoms with Crippen molar-refractivity contribution in [3.63, 3.8) is 0 Å². The van der Waals surface area contributed by atoms with E-state index >= 15 is 0 Å². The van der Waals surface area contributed by atoms with Crippen molar-refractivity contribution in [2.45, 2.75) is 121 Å². The molecule has 2 aliphatic rings. The average Bonchev–Trinajstić information content (AvgIpc) is 3.80. The molecule has 35 heteroatoms. The third-order valence-corrected chi connectivity index (χ3v) is 14.2. The summed E-state index contributed by atoms with van der Waals surface area (Å²) in [6.07, 6.45) is 1.61. The van der Waals surface area contributed by atoms with Crippen LogP contribution in [0.15, 0.2) is 44.6 Å². The molecule has 2 aliphatic heterocycles. The summed E-state index contributed by atoms with van der Waals surface area (Å²) in [5.41, 5.74) is 5.53. The smallest absolute Gasteiger partial charge is 0.297 e. The second-order valence-electron chi connectivity index (χ2n) is 16.3. The topological polar surface area (TPSA) is 181 Å². The number of aldehydes is 1. The van der Waals surface area contributed by atoms with Gasteiger partial charge in [-0.05, 0) is 70.9 Å². The molecule has 13 nitrogen and oxygen atoms in total. The molecule has 0 amide bonds. The highest BCUT2D eigenvalue weighted by Crippen LogP contribution is 2.35. The van der Waals surface area contributed by atoms with Crippen LogP contribution in [0.25, 0.3) is 0 Å². The van der Waals surface area contributed by atoms with Gasteiger partial charge in [0.05, 0.1) is 59.0 Å². The van der Waals surface area contributed by atoms with E-state index in [2.05, 4.69) is 25.3 Å². The number of rotatable bonds is 28. The van der Waals surface area contributed by atoms with E-state index in [4.69, 9.17) is 247 Å². The highest BCUT2D eigenvalue weighted by Gasteiger charge is 2.31. The quantitative estimate of drug-likeness (QED) is 0.0191. The molecule has 1 unspecified atom stereocenters. The van der Waals surface area contributed by atoms with Crippen LogP contribution in [-0.4, -0.2) is 143 Å². The molecule has 0 aromatic heterocycles. The molecule has 0 saturated heterocycles. The second kappa shape index (κ2) is 42.6. The lowest BCUT2D eigenvalue weighted by Crippen LogP contribution is -2.28. The van der Waals surface area contributed by atoms with Crippen LogP contribution in [0.1, 0.15) is 79.1 Å². The van der Waals surface area contributed by atoms with E-state index in [1.54, 1.807) is 13.8 Å². The van der Waals surface area contributed by atoms with Crippen molar-refractivity contribution < 1.29 is 62.6 Å². The van der Waals surface area contributed by atoms with E-state index < -0.39 is 51.9 Å². The van der Waals surface area contributed by atoms with Crippen LogP contribution in [-0.2, 0) is 52.4 Å². The highest BCUT2D eigenvalue weighted by atomic mass is 35.6. The fourth-order valence-electron chi connectivity index (χ4n) is 5.70. The van der Waals surface area contributed by atoms with Crippen LogP contribution >= 0.6 is 258 Å². The summed E-state index contributed by atoms with van der Waals surface area (Å²) in [5, 5.41) is 17.6. The Labute approximate surface area is 570 Å². The maximum Gasteiger partial charge on any atom is 0.297 e. The number of thiol groups is 2. The monoisotopic (exact) mass is 1550 g/mol. The Balaban J connectivity index is 0. The van der Waals surface area contributed by atoms with Crippen LogP contribution in [0.2, 0.25) is 0 Å². The fraction of sp³-hybridized carbons (Fsp3) is 0.705. The number of alkyl halides is 18. The van der Waals surface area contributed by atoms with Crippen LogP contribution < -0.4 is 0 Å². The number of aliphatic hydroxyl groups is 2. The lowest BCUT2D eigenvalue weighted by atomic mass is 10.0. The number of carbonyl (C=O) groups excluding carboxylic acids is 5. The number of thioether (sulfide) groups is 2. The predicted molar refractivity (Wildman–Crippen MR) is 340 cm³/mol. The molecule has 1 atom stereocenters. The van der Waals surface area contributed by atoms with Gasteiger partial charge in [-0.1, -0.05) is 243 Å². The largest absolute Gasteiger partial charge is 0.392 e. The summed E-state index contributed by atoms with van der Waals surface area (Å²) in [6, 6.07) is 0. The molecule has 460 valence electrons. The Morgan fingerprint density at radius 3 is 1.13 bits per heavy atom. The second-order valence-corrected chi connectivity index (χ2v) is 33.8. The van der Waals surface area contributed by atoms with E-state index in [0.717, 1.165) is 40.1 Å². The van der Waals surface area contributed by atoms with Gasteiger partial charge in [0.15, 0.2) is 12.6 Å². The van der Waals surface area contributed by atoms with E-state index in [1.165, 1.54) is 23.5 Å². The Hall–Kier alpha value is 3.61. The molecule has 2 rings (SSSR count). The number of ether oxygens (including phenoxy) is 6. The van der Waals surface area contributed by atoms with Gasteiger partial charge in [-0.2, -0.15) is 0 Å². The molecule has 0 spiro atoms. The van der Waals surface area contributed by atoms with Crippen molar-refractivity contribution in [2.75, 3.05) is 64.4 Å². The lowest BCUT2D eigenvalue weighted by Gasteiger charge is -2.23. The summed E-state index contributed by atoms with van der Waals surface area (Å²) < 4.78 is 21.9. The van der Waals surface area contributed by atoms with Crippen LogP contribution in [0.4, 0.5) is 0 Å². The first-order valence-electron chi connectivity index (χ1n) is 22.3. The van der Waals surface area contributed by atoms with Crippen LogP contribution in [0.5, 0.6) is 0 Å². The van der Waals surface area contributed by atoms with Crippen molar-refractivity contribution in [1.82, 2.24) is 0 Å². The molecule has 2 N–H and O–H groups in total. The third kappa shape index (κ3) is 47.3. The molecule has 0 fully saturated rings. The van der Waals surface area contributed by atoms with Crippen molar-refractivity contribution in [3.8, 4) is 0 Å². The van der Waals surface area contributed by atoms with Crippen molar-refractivity contribution in [3.05, 3.63) is 44.6 Å². The number of hydrogen-bond donors (Lipinski definition) is 4. The fourth-order valence-corrected chi connectivity index (χ4v) is 9.38. The van der Waals surface area contributed by atoms with Gasteiger partial charge >= 0.3 is 0 Å². The molecule has 0 aliphatic carbocycles. The van der Waals surface area contributed by atoms with Gasteiger partial charge in [0.25, 0.3) is 3.98 Å². The summed E-state index contributed by atoms with van der Waals surface area (Å²) in [7, 11) is 0. The summed E-state index contributed by atoms with van der Waals surface area (Å²) in [4.78, 5) is 55.8. The Bertz CT molecular complexity index is 1920. The average molecular weight is 1560 g/mol. The maximum atomic E-state index is 11.7. The normalized spacial score (nSPS) is 15.8. The highest BCUT2D eigenvalue weighted by molar-refractivity contribution is 8.15. The Morgan fingerprint density at radius 1 is 0.557 bits per heavy atom. The molecular formula is C44H56Cl18O13S4. The van der Waals surface area contributed by atoms with Gasteiger partial charge in [0.2, 0.25) is 39.4 Å². The molecule has 0 saturated carbocycles. The van der Waals surface area contributed by atoms with E-state index in [1.807, 2.05) is 13.8 Å². The minimum absolute atomic E-state index is 0.00487. The zero-order valence-electron chi connectivity index (χ0n) is 41.9. The molecular weight excluding hydrogens is 1500 g/mol. The number of carbonyl (C=O) groups is 5. The number of aliphatic hydroxyl groups excluding tert-OH is 2. The van der Waals surface area contributed by atoms with Gasteiger partial charge in [-0.15, -0.1) is 25.3 Å². The lowest BCUT2D eigenvalue weighted by molar-refractivity contribution is -0.143. The van der Waals surface area contributed by atoms with Gasteiger partial charge in [-0.25, -0.2) is 0 Å². The minimum Gasteiger partial charge on any atom is -0.392 e. The standard InChI is InChI=1S/2C12H16Cl6O4S.C12H14Cl6O3S.C8H10O2S/c2*1-7(4-19)8(10(20)23)2-3-9(21-5-11(13,14)15)22-6-12(16,17)18;1-7-5-22-10(19)9(7)3-2-8(4-21-12(16,17)18)20-6-11(13,14)15;1-6-5-11-8(10)7(6)3-2-4-9/h2*9,19H,2-6H2,1H3,(H,20,23);8H,2-6H2,1H3;4H,2-3,5H2,1H3/b2*8-7-;;. The van der Waals surface area contributed by atoms with Crippen LogP contribution in [0, 0.1) is 0 Å². The first-order valence-corrected chi connectivity index (χ1v) is 31.9. The van der Waals surface area contributed by atoms with Crippen molar-refractivity contribution in [2.24, 2.45) is 0 Å². The van der Waals surface area contributed by atoms with Crippen molar-refractivity contribution in [1.29, 1.82) is 0 Å². The summed E-state index contributed by atoms with van der Waals surface area (Å²) in [6.45, 7) is 5.43. The molecule has 0 aromatic rings. The molecule has 0 aromatic carbocycles. The first-order chi connectivity index (χ1) is 35.9. The molecule has 79 heavy (non-hydrogen) atoms. The SMILES string of the molecule is C/C(CO)=C(\CCC(OCC(Cl)(Cl)Cl)OCC(Cl)(Cl)Cl)C(=O)S.C/C(CO)=C(\CCC(OCC(Cl)(Cl)Cl)OCC(Cl)(Cl)Cl)C(=O)S.CC1=C(CCC(COC(Cl)(Cl)Cl)OCC(Cl)(Cl)Cl)C(=O)SC1.CC1=C(CCC=O)C(=O)SC1. The van der Waals surface area contributed by atoms with E-state index in [9.17, 15) is 24.0 Å². The predicted octanol–water partition coefficient (Wildman–Crippen LogP) is 16.3. The molecule has 0 bridgehead atoms. The van der Waals surface area contributed by atoms with Crippen molar-refractivity contribution >= 4 is 284 Å². The summed E-state index contributed by atoms with van der Waals surface area (Å²) >= 11 is 111. The third-order valence-electron chi connectivity index (χ3n) is 9.52. The van der Waals surface area contributed by atoms with E-state index in [0.29, 0.717) is 48.0 Å². The maximum absolute atomic E-state index is 11.7. The summed E-state index contributed by atoms with van der Waals surface area (Å²) in [5.74, 6) is 1.53. The molecule has 2 heterocycles. The Kier molecular flexibility index (Phi) is 45.6. The van der Waals surface area contributed by atoms with Gasteiger partial charge in [-0.3, -0.25) is 19.2 Å². The zero-order chi connectivity index (χ0) is 61.8. The van der Waals surface area contributed by atoms with Gasteiger partial charge in [0.1, 0.15) is 6.29 Å². The Morgan fingerprint density at radius 2 is 0.873 bits per heavy atom. The minimum atomic E-state index is -1.85.